The van der Waals surface area contributed by atoms with Crippen molar-refractivity contribution in [1.29, 1.82) is 0 Å². The molecule has 0 rings (SSSR count). The number of hydrogen-bond acceptors (Lipinski definition) is 4. The quantitative estimate of drug-likeness (QED) is 0.404. The van der Waals surface area contributed by atoms with Gasteiger partial charge in [-0.25, -0.2) is 4.79 Å². The van der Waals surface area contributed by atoms with Crippen LogP contribution in [0, 0.1) is 0 Å². The minimum atomic E-state index is -1.48. The highest BCUT2D eigenvalue weighted by atomic mass is 16.7. The van der Waals surface area contributed by atoms with E-state index in [0.29, 0.717) is 0 Å². The van der Waals surface area contributed by atoms with E-state index < -0.39 is 25.0 Å². The number of carboxylic acid groups (broad SMARTS) is 1. The lowest BCUT2D eigenvalue weighted by atomic mass is 10.1. The molecule has 0 aliphatic carbocycles. The van der Waals surface area contributed by atoms with Crippen LogP contribution in [-0.2, 0) is 4.74 Å². The first kappa shape index (κ1) is 10.9. The summed E-state index contributed by atoms with van der Waals surface area (Å²) in [7, 11) is 0. The van der Waals surface area contributed by atoms with Crippen LogP contribution in [0.25, 0.3) is 0 Å². The second-order valence-corrected chi connectivity index (χ2v) is 2.20. The Labute approximate surface area is 69.9 Å². The van der Waals surface area contributed by atoms with Crippen LogP contribution >= 0.6 is 0 Å². The topological polar surface area (TPSA) is 87.0 Å². The zero-order chi connectivity index (χ0) is 9.56. The molecule has 2 unspecified atom stereocenters. The summed E-state index contributed by atoms with van der Waals surface area (Å²) in [6.07, 6.45) is -2.03. The minimum Gasteiger partial charge on any atom is -0.450 e. The largest absolute Gasteiger partial charge is 0.506 e. The molecule has 0 aliphatic heterocycles. The van der Waals surface area contributed by atoms with Gasteiger partial charge in [-0.3, -0.25) is 0 Å². The standard InChI is InChI=1S/C7H12O5/c1-2-3-6(5(9)4-8)12-7(10)11/h2,5-6,8-9H,1,3-4H2,(H,10,11). The Morgan fingerprint density at radius 1 is 1.67 bits per heavy atom. The normalized spacial score (nSPS) is 14.8. The third-order valence-electron chi connectivity index (χ3n) is 1.27. The van der Waals surface area contributed by atoms with Crippen LogP contribution in [0.15, 0.2) is 12.7 Å². The predicted molar refractivity (Wildman–Crippen MR) is 40.8 cm³/mol. The maximum absolute atomic E-state index is 10.1. The van der Waals surface area contributed by atoms with Gasteiger partial charge in [0.2, 0.25) is 0 Å². The van der Waals surface area contributed by atoms with E-state index in [2.05, 4.69) is 11.3 Å². The molecule has 0 bridgehead atoms. The van der Waals surface area contributed by atoms with Crippen LogP contribution in [0.1, 0.15) is 6.42 Å². The van der Waals surface area contributed by atoms with Gasteiger partial charge in [0.1, 0.15) is 12.2 Å². The first-order chi connectivity index (χ1) is 5.61. The summed E-state index contributed by atoms with van der Waals surface area (Å²) >= 11 is 0. The van der Waals surface area contributed by atoms with Crippen molar-refractivity contribution in [3.8, 4) is 0 Å². The third-order valence-corrected chi connectivity index (χ3v) is 1.27. The highest BCUT2D eigenvalue weighted by Gasteiger charge is 2.20. The van der Waals surface area contributed by atoms with E-state index in [-0.39, 0.29) is 6.42 Å². The molecule has 0 amide bonds. The van der Waals surface area contributed by atoms with Crippen molar-refractivity contribution in [2.75, 3.05) is 6.61 Å². The van der Waals surface area contributed by atoms with E-state index in [9.17, 15) is 4.79 Å². The molecule has 0 aliphatic rings. The summed E-state index contributed by atoms with van der Waals surface area (Å²) in [5, 5.41) is 25.7. The van der Waals surface area contributed by atoms with Crippen molar-refractivity contribution in [2.45, 2.75) is 18.6 Å². The van der Waals surface area contributed by atoms with Crippen LogP contribution in [0.3, 0.4) is 0 Å². The fourth-order valence-corrected chi connectivity index (χ4v) is 0.695. The van der Waals surface area contributed by atoms with Gasteiger partial charge >= 0.3 is 6.16 Å². The SMILES string of the molecule is C=CCC(OC(=O)O)C(O)CO. The molecule has 0 fully saturated rings. The van der Waals surface area contributed by atoms with Gasteiger partial charge < -0.3 is 20.1 Å². The van der Waals surface area contributed by atoms with Crippen LogP contribution < -0.4 is 0 Å². The Morgan fingerprint density at radius 2 is 2.25 bits per heavy atom. The number of aliphatic hydroxyl groups excluding tert-OH is 2. The maximum atomic E-state index is 10.1. The smallest absolute Gasteiger partial charge is 0.450 e. The van der Waals surface area contributed by atoms with E-state index in [1.165, 1.54) is 6.08 Å². The fraction of sp³-hybridized carbons (Fsp3) is 0.571. The van der Waals surface area contributed by atoms with E-state index in [1.807, 2.05) is 0 Å². The van der Waals surface area contributed by atoms with Gasteiger partial charge in [-0.1, -0.05) is 6.08 Å². The highest BCUT2D eigenvalue weighted by Crippen LogP contribution is 2.05. The van der Waals surface area contributed by atoms with Crippen molar-refractivity contribution < 1.29 is 24.9 Å². The second kappa shape index (κ2) is 5.56. The Hall–Kier alpha value is -1.07. The van der Waals surface area contributed by atoms with Crippen molar-refractivity contribution in [1.82, 2.24) is 0 Å². The average molecular weight is 176 g/mol. The first-order valence-corrected chi connectivity index (χ1v) is 3.41. The second-order valence-electron chi connectivity index (χ2n) is 2.20. The van der Waals surface area contributed by atoms with Gasteiger partial charge in [-0.2, -0.15) is 0 Å². The summed E-state index contributed by atoms with van der Waals surface area (Å²) in [4.78, 5) is 10.1. The van der Waals surface area contributed by atoms with E-state index in [0.717, 1.165) is 0 Å². The number of carbonyl (C=O) groups is 1. The van der Waals surface area contributed by atoms with Gasteiger partial charge in [0.25, 0.3) is 0 Å². The van der Waals surface area contributed by atoms with Crippen molar-refractivity contribution in [3.05, 3.63) is 12.7 Å². The molecule has 0 saturated carbocycles. The van der Waals surface area contributed by atoms with E-state index >= 15 is 0 Å². The molecule has 3 N–H and O–H groups in total. The highest BCUT2D eigenvalue weighted by molar-refractivity contribution is 5.57. The summed E-state index contributed by atoms with van der Waals surface area (Å²) in [6.45, 7) is 2.82. The Kier molecular flexibility index (Phi) is 5.07. The monoisotopic (exact) mass is 176 g/mol. The van der Waals surface area contributed by atoms with Crippen molar-refractivity contribution >= 4 is 6.16 Å². The molecule has 0 aromatic rings. The van der Waals surface area contributed by atoms with Gasteiger partial charge in [0.05, 0.1) is 6.61 Å². The molecule has 0 spiro atoms. The molecular weight excluding hydrogens is 164 g/mol. The Balaban J connectivity index is 4.01. The molecule has 0 saturated heterocycles. The van der Waals surface area contributed by atoms with Gasteiger partial charge in [-0.05, 0) is 0 Å². The zero-order valence-electron chi connectivity index (χ0n) is 6.51. The Bertz CT molecular complexity index is 156. The first-order valence-electron chi connectivity index (χ1n) is 3.41. The van der Waals surface area contributed by atoms with E-state index in [1.54, 1.807) is 0 Å². The number of rotatable bonds is 5. The van der Waals surface area contributed by atoms with Crippen LogP contribution in [0.5, 0.6) is 0 Å². The lowest BCUT2D eigenvalue weighted by Gasteiger charge is -2.18. The molecule has 0 aromatic carbocycles. The van der Waals surface area contributed by atoms with Crippen molar-refractivity contribution in [2.24, 2.45) is 0 Å². The molecular formula is C7H12O5. The lowest BCUT2D eigenvalue weighted by molar-refractivity contribution is -0.0378. The minimum absolute atomic E-state index is 0.175. The third kappa shape index (κ3) is 3.95. The maximum Gasteiger partial charge on any atom is 0.506 e. The summed E-state index contributed by atoms with van der Waals surface area (Å²) in [5.74, 6) is 0. The number of ether oxygens (including phenoxy) is 1. The summed E-state index contributed by atoms with van der Waals surface area (Å²) < 4.78 is 4.28. The van der Waals surface area contributed by atoms with Crippen LogP contribution in [0.2, 0.25) is 0 Å². The van der Waals surface area contributed by atoms with Gasteiger partial charge in [0.15, 0.2) is 0 Å². The van der Waals surface area contributed by atoms with Crippen LogP contribution in [-0.4, -0.2) is 40.3 Å². The molecule has 2 atom stereocenters. The zero-order valence-corrected chi connectivity index (χ0v) is 6.51. The fourth-order valence-electron chi connectivity index (χ4n) is 0.695. The van der Waals surface area contributed by atoms with E-state index in [4.69, 9.17) is 15.3 Å². The lowest BCUT2D eigenvalue weighted by Crippen LogP contribution is -2.33. The van der Waals surface area contributed by atoms with Crippen molar-refractivity contribution in [3.63, 3.8) is 0 Å². The Morgan fingerprint density at radius 3 is 2.58 bits per heavy atom. The number of aliphatic hydroxyl groups is 2. The predicted octanol–water partition coefficient (Wildman–Crippen LogP) is -0.0211. The molecule has 5 heteroatoms. The molecule has 0 radical (unpaired) electrons. The molecule has 70 valence electrons. The van der Waals surface area contributed by atoms with Crippen LogP contribution in [0.4, 0.5) is 4.79 Å². The molecule has 5 nitrogen and oxygen atoms in total. The number of hydrogen-bond donors (Lipinski definition) is 3. The molecule has 0 heterocycles. The average Bonchev–Trinajstić information content (AvgIpc) is 2.01. The molecule has 0 aromatic heterocycles. The van der Waals surface area contributed by atoms with Gasteiger partial charge in [-0.15, -0.1) is 6.58 Å². The van der Waals surface area contributed by atoms with Gasteiger partial charge in [0, 0.05) is 6.42 Å². The summed E-state index contributed by atoms with van der Waals surface area (Å²) in [5.41, 5.74) is 0. The summed E-state index contributed by atoms with van der Waals surface area (Å²) in [6, 6.07) is 0. The molecule has 12 heavy (non-hydrogen) atoms.